The monoisotopic (exact) mass is 307 g/mol. The topological polar surface area (TPSA) is 83.5 Å². The Hall–Kier alpha value is -1.18. The van der Waals surface area contributed by atoms with Gasteiger partial charge in [0.25, 0.3) is 0 Å². The first-order valence-electron chi connectivity index (χ1n) is 5.49. The van der Waals surface area contributed by atoms with E-state index < -0.39 is 27.3 Å². The molecule has 19 heavy (non-hydrogen) atoms. The molecule has 0 saturated heterocycles. The molecule has 0 spiro atoms. The van der Waals surface area contributed by atoms with Crippen molar-refractivity contribution in [2.45, 2.75) is 29.7 Å². The SMILES string of the molecule is O=C(O)C1(NS(=O)(=O)c2ccc(F)cc2Cl)CCC1. The summed E-state index contributed by atoms with van der Waals surface area (Å²) in [5.41, 5.74) is -1.48. The summed E-state index contributed by atoms with van der Waals surface area (Å²) in [4.78, 5) is 10.8. The number of halogens is 2. The Morgan fingerprint density at radius 1 is 1.42 bits per heavy atom. The highest BCUT2D eigenvalue weighted by molar-refractivity contribution is 7.89. The molecule has 8 heteroatoms. The molecule has 0 aromatic heterocycles. The smallest absolute Gasteiger partial charge is 0.324 e. The van der Waals surface area contributed by atoms with Gasteiger partial charge in [0.1, 0.15) is 16.3 Å². The second kappa shape index (κ2) is 4.73. The van der Waals surface area contributed by atoms with E-state index in [9.17, 15) is 17.6 Å². The Labute approximate surface area is 114 Å². The Balaban J connectivity index is 2.35. The maximum atomic E-state index is 12.9. The highest BCUT2D eigenvalue weighted by Crippen LogP contribution is 2.34. The van der Waals surface area contributed by atoms with Crippen LogP contribution in [0.15, 0.2) is 23.1 Å². The van der Waals surface area contributed by atoms with Crippen molar-refractivity contribution >= 4 is 27.6 Å². The van der Waals surface area contributed by atoms with E-state index >= 15 is 0 Å². The fourth-order valence-corrected chi connectivity index (χ4v) is 3.85. The van der Waals surface area contributed by atoms with E-state index in [1.54, 1.807) is 0 Å². The minimum atomic E-state index is -4.10. The maximum Gasteiger partial charge on any atom is 0.324 e. The van der Waals surface area contributed by atoms with Crippen LogP contribution in [-0.4, -0.2) is 25.0 Å². The lowest BCUT2D eigenvalue weighted by atomic mass is 9.78. The average Bonchev–Trinajstić information content (AvgIpc) is 2.22. The highest BCUT2D eigenvalue weighted by atomic mass is 35.5. The van der Waals surface area contributed by atoms with Crippen molar-refractivity contribution < 1.29 is 22.7 Å². The van der Waals surface area contributed by atoms with E-state index in [2.05, 4.69) is 4.72 Å². The van der Waals surface area contributed by atoms with E-state index in [4.69, 9.17) is 16.7 Å². The lowest BCUT2D eigenvalue weighted by Crippen LogP contribution is -2.58. The van der Waals surface area contributed by atoms with Crippen LogP contribution in [-0.2, 0) is 14.8 Å². The third kappa shape index (κ3) is 2.58. The van der Waals surface area contributed by atoms with Gasteiger partial charge >= 0.3 is 5.97 Å². The van der Waals surface area contributed by atoms with Crippen LogP contribution in [0.3, 0.4) is 0 Å². The number of sulfonamides is 1. The fourth-order valence-electron chi connectivity index (χ4n) is 1.90. The third-order valence-corrected chi connectivity index (χ3v) is 5.15. The van der Waals surface area contributed by atoms with Gasteiger partial charge < -0.3 is 5.11 Å². The second-order valence-corrected chi connectivity index (χ2v) is 6.48. The van der Waals surface area contributed by atoms with Crippen molar-refractivity contribution in [3.63, 3.8) is 0 Å². The summed E-state index contributed by atoms with van der Waals surface area (Å²) >= 11 is 5.68. The second-order valence-electron chi connectivity index (χ2n) is 4.42. The molecule has 0 unspecified atom stereocenters. The molecule has 1 aromatic rings. The minimum absolute atomic E-state index is 0.223. The minimum Gasteiger partial charge on any atom is -0.480 e. The Morgan fingerprint density at radius 2 is 2.05 bits per heavy atom. The zero-order valence-corrected chi connectivity index (χ0v) is 11.3. The zero-order chi connectivity index (χ0) is 14.3. The van der Waals surface area contributed by atoms with Crippen molar-refractivity contribution in [1.29, 1.82) is 0 Å². The van der Waals surface area contributed by atoms with Gasteiger partial charge in [-0.1, -0.05) is 11.6 Å². The van der Waals surface area contributed by atoms with E-state index in [0.29, 0.717) is 6.42 Å². The molecule has 1 saturated carbocycles. The van der Waals surface area contributed by atoms with Crippen LogP contribution in [0.1, 0.15) is 19.3 Å². The average molecular weight is 308 g/mol. The van der Waals surface area contributed by atoms with Crippen LogP contribution in [0.2, 0.25) is 5.02 Å². The molecule has 2 rings (SSSR count). The summed E-state index contributed by atoms with van der Waals surface area (Å²) in [5.74, 6) is -1.89. The predicted molar refractivity (Wildman–Crippen MR) is 65.9 cm³/mol. The molecule has 0 bridgehead atoms. The molecular formula is C11H11ClFNO4S. The molecule has 0 radical (unpaired) electrons. The Bertz CT molecular complexity index is 628. The van der Waals surface area contributed by atoms with Gasteiger partial charge in [-0.2, -0.15) is 4.72 Å². The third-order valence-electron chi connectivity index (χ3n) is 3.13. The molecule has 0 amide bonds. The fraction of sp³-hybridized carbons (Fsp3) is 0.364. The van der Waals surface area contributed by atoms with Gasteiger partial charge in [0.15, 0.2) is 0 Å². The Kier molecular flexibility index (Phi) is 3.55. The van der Waals surface area contributed by atoms with Crippen molar-refractivity contribution in [3.05, 3.63) is 29.0 Å². The van der Waals surface area contributed by atoms with Crippen LogP contribution in [0.5, 0.6) is 0 Å². The van der Waals surface area contributed by atoms with Gasteiger partial charge in [-0.3, -0.25) is 4.79 Å². The summed E-state index contributed by atoms with van der Waals surface area (Å²) in [6.45, 7) is 0. The lowest BCUT2D eigenvalue weighted by molar-refractivity contribution is -0.147. The predicted octanol–water partition coefficient (Wildman–Crippen LogP) is 1.76. The molecule has 0 aliphatic heterocycles. The summed E-state index contributed by atoms with van der Waals surface area (Å²) in [7, 11) is -4.10. The number of carboxylic acid groups (broad SMARTS) is 1. The number of aliphatic carboxylic acids is 1. The number of benzene rings is 1. The molecule has 1 aliphatic carbocycles. The molecule has 1 fully saturated rings. The standard InChI is InChI=1S/C11H11ClFNO4S/c12-8-6-7(13)2-3-9(8)19(17,18)14-11(10(15)16)4-1-5-11/h2-3,6,14H,1,4-5H2,(H,15,16). The van der Waals surface area contributed by atoms with E-state index in [-0.39, 0.29) is 22.8 Å². The number of hydrogen-bond donors (Lipinski definition) is 2. The van der Waals surface area contributed by atoms with E-state index in [1.165, 1.54) is 0 Å². The summed E-state index contributed by atoms with van der Waals surface area (Å²) in [6, 6.07) is 2.83. The van der Waals surface area contributed by atoms with Gasteiger partial charge in [0.2, 0.25) is 10.0 Å². The van der Waals surface area contributed by atoms with Crippen LogP contribution < -0.4 is 4.72 Å². The number of carbonyl (C=O) groups is 1. The highest BCUT2D eigenvalue weighted by Gasteiger charge is 2.47. The molecule has 5 nitrogen and oxygen atoms in total. The van der Waals surface area contributed by atoms with E-state index in [1.807, 2.05) is 0 Å². The molecule has 0 atom stereocenters. The maximum absolute atomic E-state index is 12.9. The van der Waals surface area contributed by atoms with Crippen molar-refractivity contribution in [3.8, 4) is 0 Å². The summed E-state index contributed by atoms with van der Waals surface area (Å²) < 4.78 is 39.2. The van der Waals surface area contributed by atoms with Gasteiger partial charge in [-0.05, 0) is 37.5 Å². The van der Waals surface area contributed by atoms with Gasteiger partial charge in [-0.15, -0.1) is 0 Å². The number of rotatable bonds is 4. The van der Waals surface area contributed by atoms with Gasteiger partial charge in [0.05, 0.1) is 5.02 Å². The molecule has 2 N–H and O–H groups in total. The summed E-state index contributed by atoms with van der Waals surface area (Å²) in [6.07, 6.45) is 1.08. The normalized spacial score (nSPS) is 17.8. The molecule has 104 valence electrons. The van der Waals surface area contributed by atoms with Crippen molar-refractivity contribution in [2.24, 2.45) is 0 Å². The quantitative estimate of drug-likeness (QED) is 0.888. The zero-order valence-electron chi connectivity index (χ0n) is 9.69. The first-order valence-corrected chi connectivity index (χ1v) is 7.35. The first kappa shape index (κ1) is 14.2. The summed E-state index contributed by atoms with van der Waals surface area (Å²) in [5, 5.41) is 8.80. The molecule has 1 aromatic carbocycles. The number of carboxylic acids is 1. The van der Waals surface area contributed by atoms with E-state index in [0.717, 1.165) is 18.2 Å². The van der Waals surface area contributed by atoms with Gasteiger partial charge in [0, 0.05) is 0 Å². The first-order chi connectivity index (χ1) is 8.77. The molecule has 1 aliphatic rings. The molecule has 0 heterocycles. The van der Waals surface area contributed by atoms with Crippen LogP contribution in [0.4, 0.5) is 4.39 Å². The van der Waals surface area contributed by atoms with Crippen molar-refractivity contribution in [2.75, 3.05) is 0 Å². The van der Waals surface area contributed by atoms with Crippen LogP contribution in [0, 0.1) is 5.82 Å². The number of nitrogens with one attached hydrogen (secondary N) is 1. The van der Waals surface area contributed by atoms with Crippen LogP contribution in [0.25, 0.3) is 0 Å². The largest absolute Gasteiger partial charge is 0.480 e. The molecular weight excluding hydrogens is 297 g/mol. The lowest BCUT2D eigenvalue weighted by Gasteiger charge is -2.37. The Morgan fingerprint density at radius 3 is 2.47 bits per heavy atom. The van der Waals surface area contributed by atoms with Gasteiger partial charge in [-0.25, -0.2) is 12.8 Å². The number of hydrogen-bond acceptors (Lipinski definition) is 3. The van der Waals surface area contributed by atoms with Crippen LogP contribution >= 0.6 is 11.6 Å². The van der Waals surface area contributed by atoms with Crippen molar-refractivity contribution in [1.82, 2.24) is 4.72 Å².